The van der Waals surface area contributed by atoms with E-state index in [1.165, 1.54) is 35.2 Å². The van der Waals surface area contributed by atoms with Crippen LogP contribution in [-0.4, -0.2) is 26.3 Å². The van der Waals surface area contributed by atoms with Crippen LogP contribution in [0.5, 0.6) is 0 Å². The number of hydrogen-bond acceptors (Lipinski definition) is 7. The number of ketones is 1. The number of halogens is 1. The predicted octanol–water partition coefficient (Wildman–Crippen LogP) is 5.26. The maximum Gasteiger partial charge on any atom is 0.206 e. The number of rotatable bonds is 8. The molecule has 0 spiro atoms. The number of benzene rings is 1. The topological polar surface area (TPSA) is 73.0 Å². The van der Waals surface area contributed by atoms with E-state index in [2.05, 4.69) is 15.5 Å². The zero-order valence-electron chi connectivity index (χ0n) is 16.4. The second-order valence-corrected chi connectivity index (χ2v) is 8.82. The van der Waals surface area contributed by atoms with Gasteiger partial charge in [-0.2, -0.15) is 0 Å². The van der Waals surface area contributed by atoms with Gasteiger partial charge in [-0.25, -0.2) is 4.39 Å². The number of aromatic nitrogens is 3. The number of nitrogens with zero attached hydrogens (tertiary/aromatic N) is 3. The van der Waals surface area contributed by atoms with E-state index in [9.17, 15) is 9.18 Å². The lowest BCUT2D eigenvalue weighted by Gasteiger charge is -2.09. The van der Waals surface area contributed by atoms with Crippen molar-refractivity contribution in [1.29, 1.82) is 0 Å². The highest BCUT2D eigenvalue weighted by atomic mass is 32.2. The van der Waals surface area contributed by atoms with Crippen LogP contribution in [0.15, 0.2) is 57.5 Å². The van der Waals surface area contributed by atoms with Crippen molar-refractivity contribution in [3.63, 3.8) is 0 Å². The van der Waals surface area contributed by atoms with Crippen LogP contribution in [0.25, 0.3) is 5.69 Å². The van der Waals surface area contributed by atoms with Crippen LogP contribution in [-0.2, 0) is 6.54 Å². The van der Waals surface area contributed by atoms with Gasteiger partial charge in [-0.1, -0.05) is 29.2 Å². The monoisotopic (exact) mass is 442 g/mol. The van der Waals surface area contributed by atoms with Gasteiger partial charge in [0.05, 0.1) is 18.6 Å². The van der Waals surface area contributed by atoms with Crippen LogP contribution in [0.4, 0.5) is 9.52 Å². The fourth-order valence-corrected chi connectivity index (χ4v) is 4.81. The van der Waals surface area contributed by atoms with E-state index in [0.717, 1.165) is 17.1 Å². The van der Waals surface area contributed by atoms with Crippen LogP contribution in [0.1, 0.15) is 27.5 Å². The highest BCUT2D eigenvalue weighted by Crippen LogP contribution is 2.28. The highest BCUT2D eigenvalue weighted by Gasteiger charge is 2.18. The Balaban J connectivity index is 1.41. The summed E-state index contributed by atoms with van der Waals surface area (Å²) in [4.78, 5) is 12.8. The summed E-state index contributed by atoms with van der Waals surface area (Å²) in [5.41, 5.74) is 3.01. The Kier molecular flexibility index (Phi) is 6.01. The first kappa shape index (κ1) is 20.4. The molecule has 154 valence electrons. The normalized spacial score (nSPS) is 11.0. The SMILES string of the molecule is Cc1cc(C(=O)CSc2nnc(NCc3ccco3)s2)c(C)n1-c1cccc(F)c1. The molecule has 1 aromatic carbocycles. The summed E-state index contributed by atoms with van der Waals surface area (Å²) in [6.45, 7) is 4.30. The number of thioether (sulfide) groups is 1. The third-order valence-electron chi connectivity index (χ3n) is 4.53. The Hall–Kier alpha value is -2.91. The first-order chi connectivity index (χ1) is 14.5. The van der Waals surface area contributed by atoms with Crippen LogP contribution in [0.3, 0.4) is 0 Å². The zero-order chi connectivity index (χ0) is 21.1. The van der Waals surface area contributed by atoms with Crippen LogP contribution in [0.2, 0.25) is 0 Å². The number of furan rings is 1. The van der Waals surface area contributed by atoms with Gasteiger partial charge < -0.3 is 14.3 Å². The number of hydrogen-bond donors (Lipinski definition) is 1. The maximum atomic E-state index is 13.6. The van der Waals surface area contributed by atoms with Gasteiger partial charge in [-0.15, -0.1) is 10.2 Å². The number of nitrogens with one attached hydrogen (secondary N) is 1. The number of anilines is 1. The molecule has 0 atom stereocenters. The minimum atomic E-state index is -0.309. The molecule has 0 aliphatic rings. The van der Waals surface area contributed by atoms with E-state index in [1.54, 1.807) is 12.3 Å². The Morgan fingerprint density at radius 1 is 1.23 bits per heavy atom. The molecular weight excluding hydrogens is 423 g/mol. The smallest absolute Gasteiger partial charge is 0.206 e. The van der Waals surface area contributed by atoms with Crippen molar-refractivity contribution in [1.82, 2.24) is 14.8 Å². The van der Waals surface area contributed by atoms with Gasteiger partial charge in [0, 0.05) is 22.6 Å². The van der Waals surface area contributed by atoms with Crippen LogP contribution >= 0.6 is 23.1 Å². The van der Waals surface area contributed by atoms with Crippen molar-refractivity contribution in [2.75, 3.05) is 11.1 Å². The van der Waals surface area contributed by atoms with Gasteiger partial charge in [0.2, 0.25) is 5.13 Å². The molecule has 4 aromatic rings. The minimum absolute atomic E-state index is 0.00366. The van der Waals surface area contributed by atoms with E-state index >= 15 is 0 Å². The van der Waals surface area contributed by atoms with E-state index in [-0.39, 0.29) is 17.4 Å². The molecule has 0 aliphatic heterocycles. The zero-order valence-corrected chi connectivity index (χ0v) is 18.0. The van der Waals surface area contributed by atoms with Crippen LogP contribution < -0.4 is 5.32 Å². The summed E-state index contributed by atoms with van der Waals surface area (Å²) in [5, 5.41) is 12.0. The lowest BCUT2D eigenvalue weighted by molar-refractivity contribution is 0.102. The number of Topliss-reactive ketones (excluding diaryl/α,β-unsaturated/α-hetero) is 1. The lowest BCUT2D eigenvalue weighted by atomic mass is 10.2. The van der Waals surface area contributed by atoms with E-state index in [4.69, 9.17) is 4.42 Å². The van der Waals surface area contributed by atoms with E-state index in [0.29, 0.717) is 27.3 Å². The number of carbonyl (C=O) groups is 1. The average Bonchev–Trinajstić information content (AvgIpc) is 3.45. The molecule has 1 N–H and O–H groups in total. The van der Waals surface area contributed by atoms with E-state index in [1.807, 2.05) is 42.7 Å². The summed E-state index contributed by atoms with van der Waals surface area (Å²) < 4.78 is 21.5. The molecule has 0 radical (unpaired) electrons. The summed E-state index contributed by atoms with van der Waals surface area (Å²) in [7, 11) is 0. The fraction of sp³-hybridized carbons (Fsp3) is 0.190. The minimum Gasteiger partial charge on any atom is -0.467 e. The van der Waals surface area contributed by atoms with Crippen molar-refractivity contribution in [3.05, 3.63) is 77.3 Å². The maximum absolute atomic E-state index is 13.6. The summed E-state index contributed by atoms with van der Waals surface area (Å²) in [5.74, 6) is 0.746. The van der Waals surface area contributed by atoms with Crippen molar-refractivity contribution < 1.29 is 13.6 Å². The third-order valence-corrected chi connectivity index (χ3v) is 6.54. The van der Waals surface area contributed by atoms with E-state index < -0.39 is 0 Å². The molecule has 0 bridgehead atoms. The molecule has 0 saturated heterocycles. The average molecular weight is 443 g/mol. The molecule has 9 heteroatoms. The summed E-state index contributed by atoms with van der Waals surface area (Å²) in [6.07, 6.45) is 1.62. The van der Waals surface area contributed by atoms with Gasteiger partial charge in [0.15, 0.2) is 10.1 Å². The second kappa shape index (κ2) is 8.85. The van der Waals surface area contributed by atoms with Crippen molar-refractivity contribution in [3.8, 4) is 5.69 Å². The molecule has 0 aliphatic carbocycles. The molecule has 0 amide bonds. The first-order valence-electron chi connectivity index (χ1n) is 9.22. The van der Waals surface area contributed by atoms with Crippen molar-refractivity contribution >= 4 is 34.0 Å². The molecule has 30 heavy (non-hydrogen) atoms. The lowest BCUT2D eigenvalue weighted by Crippen LogP contribution is -2.05. The van der Waals surface area contributed by atoms with Crippen LogP contribution in [0, 0.1) is 19.7 Å². The van der Waals surface area contributed by atoms with Gasteiger partial charge in [-0.05, 0) is 50.2 Å². The van der Waals surface area contributed by atoms with Gasteiger partial charge in [0.1, 0.15) is 11.6 Å². The highest BCUT2D eigenvalue weighted by molar-refractivity contribution is 8.01. The Morgan fingerprint density at radius 3 is 2.87 bits per heavy atom. The van der Waals surface area contributed by atoms with Crippen molar-refractivity contribution in [2.24, 2.45) is 0 Å². The largest absolute Gasteiger partial charge is 0.467 e. The molecule has 3 heterocycles. The molecular formula is C21H19FN4O2S2. The second-order valence-electron chi connectivity index (χ2n) is 6.62. The Morgan fingerprint density at radius 2 is 2.10 bits per heavy atom. The molecule has 6 nitrogen and oxygen atoms in total. The molecule has 0 saturated carbocycles. The Bertz CT molecular complexity index is 1170. The standard InChI is InChI=1S/C21H19FN4O2S2/c1-13-9-18(14(2)26(13)16-6-3-5-15(22)10-16)19(27)12-29-21-25-24-20(30-21)23-11-17-7-4-8-28-17/h3-10H,11-12H2,1-2H3,(H,23,24). The summed E-state index contributed by atoms with van der Waals surface area (Å²) in [6, 6.07) is 11.9. The molecule has 0 unspecified atom stereocenters. The first-order valence-corrected chi connectivity index (χ1v) is 11.0. The quantitative estimate of drug-likeness (QED) is 0.296. The van der Waals surface area contributed by atoms with Gasteiger partial charge in [0.25, 0.3) is 0 Å². The number of carbonyl (C=O) groups excluding carboxylic acids is 1. The van der Waals surface area contributed by atoms with Gasteiger partial charge >= 0.3 is 0 Å². The molecule has 4 rings (SSSR count). The van der Waals surface area contributed by atoms with Crippen molar-refractivity contribution in [2.45, 2.75) is 24.7 Å². The molecule has 0 fully saturated rings. The summed E-state index contributed by atoms with van der Waals surface area (Å²) >= 11 is 2.74. The Labute approximate surface area is 181 Å². The fourth-order valence-electron chi connectivity index (χ4n) is 3.18. The third kappa shape index (κ3) is 4.47. The predicted molar refractivity (Wildman–Crippen MR) is 116 cm³/mol. The van der Waals surface area contributed by atoms with Gasteiger partial charge in [-0.3, -0.25) is 4.79 Å². The molecule has 3 aromatic heterocycles. The number of aryl methyl sites for hydroxylation is 1.